The van der Waals surface area contributed by atoms with Gasteiger partial charge in [0, 0.05) is 28.3 Å². The van der Waals surface area contributed by atoms with Gasteiger partial charge in [0.15, 0.2) is 11.0 Å². The lowest BCUT2D eigenvalue weighted by atomic mass is 9.95. The van der Waals surface area contributed by atoms with Crippen molar-refractivity contribution < 1.29 is 28.8 Å². The molecule has 2 aromatic heterocycles. The van der Waals surface area contributed by atoms with E-state index in [0.29, 0.717) is 38.5 Å². The van der Waals surface area contributed by atoms with Crippen molar-refractivity contribution in [3.8, 4) is 11.4 Å². The van der Waals surface area contributed by atoms with Crippen molar-refractivity contribution in [2.24, 2.45) is 0 Å². The average Bonchev–Trinajstić information content (AvgIpc) is 3.64. The Hall–Kier alpha value is -4.76. The molecule has 0 saturated heterocycles. The number of hydrogen-bond donors (Lipinski definition) is 2. The van der Waals surface area contributed by atoms with E-state index in [1.165, 1.54) is 30.6 Å². The summed E-state index contributed by atoms with van der Waals surface area (Å²) in [5.74, 6) is -0.285. The molecule has 0 aliphatic heterocycles. The molecule has 0 unspecified atom stereocenters. The Bertz CT molecular complexity index is 1770. The van der Waals surface area contributed by atoms with Crippen LogP contribution in [0, 0.1) is 10.1 Å². The van der Waals surface area contributed by atoms with E-state index in [4.69, 9.17) is 9.47 Å². The number of non-ortho nitro benzene ring substituents is 1. The number of fused-ring (bicyclic) bond motifs is 1. The third-order valence-electron chi connectivity index (χ3n) is 7.30. The molecule has 1 aliphatic rings. The topological polar surface area (TPSA) is 168 Å². The molecule has 15 heteroatoms. The van der Waals surface area contributed by atoms with Crippen molar-refractivity contribution in [3.63, 3.8) is 0 Å². The molecule has 46 heavy (non-hydrogen) atoms. The minimum atomic E-state index is -0.686. The van der Waals surface area contributed by atoms with E-state index in [1.54, 1.807) is 54.8 Å². The summed E-state index contributed by atoms with van der Waals surface area (Å²) in [6, 6.07) is 12.5. The number of aryl methyl sites for hydroxylation is 1. The minimum absolute atomic E-state index is 0.0230. The third kappa shape index (κ3) is 7.21. The first kappa shape index (κ1) is 32.6. The van der Waals surface area contributed by atoms with Gasteiger partial charge in [0.1, 0.15) is 10.8 Å². The van der Waals surface area contributed by atoms with Gasteiger partial charge in [0.2, 0.25) is 5.91 Å². The maximum absolute atomic E-state index is 13.5. The fourth-order valence-electron chi connectivity index (χ4n) is 5.00. The van der Waals surface area contributed by atoms with E-state index >= 15 is 0 Å². The number of methoxy groups -OCH3 is 1. The van der Waals surface area contributed by atoms with Gasteiger partial charge in [-0.05, 0) is 75.4 Å². The van der Waals surface area contributed by atoms with Gasteiger partial charge < -0.3 is 20.1 Å². The number of hydrogen-bond acceptors (Lipinski definition) is 11. The highest BCUT2D eigenvalue weighted by atomic mass is 32.2. The number of nitro benzene ring substituents is 1. The Labute approximate surface area is 272 Å². The lowest BCUT2D eigenvalue weighted by Gasteiger charge is -2.15. The molecule has 0 spiro atoms. The predicted molar refractivity (Wildman–Crippen MR) is 173 cm³/mol. The van der Waals surface area contributed by atoms with E-state index in [2.05, 4.69) is 20.8 Å². The van der Waals surface area contributed by atoms with Gasteiger partial charge in [-0.3, -0.25) is 24.3 Å². The second kappa shape index (κ2) is 14.6. The van der Waals surface area contributed by atoms with Crippen molar-refractivity contribution in [2.45, 2.75) is 56.5 Å². The van der Waals surface area contributed by atoms with Gasteiger partial charge in [-0.2, -0.15) is 0 Å². The Morgan fingerprint density at radius 2 is 1.89 bits per heavy atom. The van der Waals surface area contributed by atoms with Gasteiger partial charge in [-0.1, -0.05) is 17.8 Å². The Kier molecular flexibility index (Phi) is 10.3. The van der Waals surface area contributed by atoms with Crippen LogP contribution in [-0.4, -0.2) is 56.4 Å². The first-order valence-corrected chi connectivity index (χ1v) is 16.3. The molecule has 0 radical (unpaired) electrons. The van der Waals surface area contributed by atoms with E-state index in [0.717, 1.165) is 47.9 Å². The number of amides is 2. The molecule has 240 valence electrons. The van der Waals surface area contributed by atoms with Crippen molar-refractivity contribution in [1.82, 2.24) is 20.1 Å². The van der Waals surface area contributed by atoms with E-state index < -0.39 is 16.1 Å². The number of aromatic nitrogens is 3. The smallest absolute Gasteiger partial charge is 0.341 e. The molecular formula is C31H32N6O7S2. The van der Waals surface area contributed by atoms with E-state index in [9.17, 15) is 24.5 Å². The van der Waals surface area contributed by atoms with Crippen molar-refractivity contribution in [2.75, 3.05) is 19.0 Å². The molecule has 0 bridgehead atoms. The normalized spacial score (nSPS) is 12.9. The summed E-state index contributed by atoms with van der Waals surface area (Å²) in [6.45, 7) is 3.65. The molecule has 4 aromatic rings. The highest BCUT2D eigenvalue weighted by molar-refractivity contribution is 8.00. The van der Waals surface area contributed by atoms with Crippen molar-refractivity contribution in [3.05, 3.63) is 86.0 Å². The molecule has 2 amide bonds. The lowest BCUT2D eigenvalue weighted by molar-refractivity contribution is -0.384. The Balaban J connectivity index is 1.38. The van der Waals surface area contributed by atoms with Gasteiger partial charge in [-0.15, -0.1) is 21.5 Å². The number of rotatable bonds is 12. The number of nitrogens with one attached hydrogen (secondary N) is 2. The predicted octanol–water partition coefficient (Wildman–Crippen LogP) is 5.35. The number of anilines is 1. The van der Waals surface area contributed by atoms with E-state index in [1.807, 2.05) is 0 Å². The number of thioether (sulfide) groups is 1. The van der Waals surface area contributed by atoms with E-state index in [-0.39, 0.29) is 30.7 Å². The highest BCUT2D eigenvalue weighted by Crippen LogP contribution is 2.39. The maximum atomic E-state index is 13.5. The van der Waals surface area contributed by atoms with Gasteiger partial charge >= 0.3 is 5.97 Å². The molecule has 0 saturated carbocycles. The van der Waals surface area contributed by atoms with Crippen LogP contribution in [0.25, 0.3) is 5.69 Å². The number of carbonyl (C=O) groups is 3. The number of esters is 1. The van der Waals surface area contributed by atoms with Gasteiger partial charge in [0.05, 0.1) is 36.0 Å². The Morgan fingerprint density at radius 1 is 1.13 bits per heavy atom. The zero-order valence-electron chi connectivity index (χ0n) is 25.4. The summed E-state index contributed by atoms with van der Waals surface area (Å²) in [7, 11) is 1.51. The SMILES string of the molecule is CCOC(=O)c1c(NC(=O)[C@@H](C)Sc2nnc(CNC(=O)c3cccc(OC)c3)n2-c2ccc([N+](=O)[O-])cc2)sc2c1CCCC2. The summed E-state index contributed by atoms with van der Waals surface area (Å²) < 4.78 is 12.2. The molecule has 2 aromatic carbocycles. The number of ether oxygens (including phenoxy) is 2. The maximum Gasteiger partial charge on any atom is 0.341 e. The van der Waals surface area contributed by atoms with Crippen LogP contribution in [0.5, 0.6) is 5.75 Å². The van der Waals surface area contributed by atoms with Crippen LogP contribution in [0.3, 0.4) is 0 Å². The van der Waals surface area contributed by atoms with Gasteiger partial charge in [-0.25, -0.2) is 4.79 Å². The number of nitrogens with zero attached hydrogens (tertiary/aromatic N) is 4. The quantitative estimate of drug-likeness (QED) is 0.0872. The fraction of sp³-hybridized carbons (Fsp3) is 0.323. The van der Waals surface area contributed by atoms with Crippen LogP contribution >= 0.6 is 23.1 Å². The summed E-state index contributed by atoms with van der Waals surface area (Å²) in [6.07, 6.45) is 3.60. The lowest BCUT2D eigenvalue weighted by Crippen LogP contribution is -2.25. The fourth-order valence-corrected chi connectivity index (χ4v) is 7.16. The molecule has 2 N–H and O–H groups in total. The molecular weight excluding hydrogens is 633 g/mol. The number of carbonyl (C=O) groups excluding carboxylic acids is 3. The molecule has 13 nitrogen and oxygen atoms in total. The second-order valence-electron chi connectivity index (χ2n) is 10.3. The first-order valence-electron chi connectivity index (χ1n) is 14.6. The standard InChI is InChI=1S/C31H32N6O7S2/c1-4-44-30(40)26-23-10-5-6-11-24(23)46-29(26)33-27(38)18(2)45-31-35-34-25(36(31)20-12-14-21(15-13-20)37(41)42)17-32-28(39)19-8-7-9-22(16-19)43-3/h7-9,12-16,18H,4-6,10-11,17H2,1-3H3,(H,32,39)(H,33,38)/t18-/m1/s1. The van der Waals surface area contributed by atoms with Crippen LogP contribution in [0.4, 0.5) is 10.7 Å². The summed E-state index contributed by atoms with van der Waals surface area (Å²) in [5, 5.41) is 25.7. The molecule has 2 heterocycles. The second-order valence-corrected chi connectivity index (χ2v) is 12.7. The van der Waals surface area contributed by atoms with Crippen molar-refractivity contribution >= 4 is 51.6 Å². The van der Waals surface area contributed by atoms with Crippen LogP contribution in [0.15, 0.2) is 53.7 Å². The molecule has 1 atom stereocenters. The third-order valence-corrected chi connectivity index (χ3v) is 9.55. The number of benzene rings is 2. The van der Waals surface area contributed by atoms with Crippen LogP contribution < -0.4 is 15.4 Å². The first-order chi connectivity index (χ1) is 22.2. The average molecular weight is 665 g/mol. The number of thiophene rings is 1. The van der Waals surface area contributed by atoms with Crippen LogP contribution in [0.2, 0.25) is 0 Å². The number of nitro groups is 1. The van der Waals surface area contributed by atoms with Crippen LogP contribution in [-0.2, 0) is 28.9 Å². The highest BCUT2D eigenvalue weighted by Gasteiger charge is 2.29. The zero-order chi connectivity index (χ0) is 32.8. The largest absolute Gasteiger partial charge is 0.497 e. The van der Waals surface area contributed by atoms with Crippen LogP contribution in [0.1, 0.15) is 63.7 Å². The van der Waals surface area contributed by atoms with Gasteiger partial charge in [0.25, 0.3) is 11.6 Å². The minimum Gasteiger partial charge on any atom is -0.497 e. The molecule has 0 fully saturated rings. The van der Waals surface area contributed by atoms with Crippen molar-refractivity contribution in [1.29, 1.82) is 0 Å². The summed E-state index contributed by atoms with van der Waals surface area (Å²) >= 11 is 2.53. The Morgan fingerprint density at radius 3 is 2.61 bits per heavy atom. The molecule has 5 rings (SSSR count). The monoisotopic (exact) mass is 664 g/mol. The summed E-state index contributed by atoms with van der Waals surface area (Å²) in [4.78, 5) is 51.1. The molecule has 1 aliphatic carbocycles. The zero-order valence-corrected chi connectivity index (χ0v) is 27.0. The summed E-state index contributed by atoms with van der Waals surface area (Å²) in [5.41, 5.74) is 2.17.